The zero-order valence-corrected chi connectivity index (χ0v) is 20.7. The van der Waals surface area contributed by atoms with Crippen molar-refractivity contribution in [2.24, 2.45) is 0 Å². The molecule has 0 aliphatic carbocycles. The summed E-state index contributed by atoms with van der Waals surface area (Å²) in [4.78, 5) is 27.4. The normalized spacial score (nSPS) is 13.2. The minimum Gasteiger partial charge on any atom is -0.352 e. The number of anilines is 1. The number of para-hydroxylation sites is 1. The molecule has 2 rings (SSSR count). The number of nitrogens with zero attached hydrogens (tertiary/aromatic N) is 2. The van der Waals surface area contributed by atoms with Crippen LogP contribution in [0.3, 0.4) is 0 Å². The Morgan fingerprint density at radius 2 is 1.70 bits per heavy atom. The molecule has 0 spiro atoms. The number of sulfonamides is 1. The highest BCUT2D eigenvalue weighted by atomic mass is 35.5. The van der Waals surface area contributed by atoms with Gasteiger partial charge in [-0.3, -0.25) is 13.9 Å². The summed E-state index contributed by atoms with van der Waals surface area (Å²) in [6, 6.07) is 11.1. The van der Waals surface area contributed by atoms with Crippen LogP contribution in [0.1, 0.15) is 32.8 Å². The molecule has 0 aromatic heterocycles. The summed E-state index contributed by atoms with van der Waals surface area (Å²) in [7, 11) is -4.00. The molecular formula is C23H29ClFN3O4S. The maximum absolute atomic E-state index is 14.4. The lowest BCUT2D eigenvalue weighted by atomic mass is 10.1. The van der Waals surface area contributed by atoms with Gasteiger partial charge < -0.3 is 10.2 Å². The SMILES string of the molecule is CC[C@@H](C)NC(=O)[C@@H](C)N(Cc1ccccc1Cl)C(=O)CN(c1ccccc1F)S(C)(=O)=O. The number of nitrogens with one attached hydrogen (secondary N) is 1. The minimum absolute atomic E-state index is 0.0253. The number of hydrogen-bond donors (Lipinski definition) is 1. The number of benzene rings is 2. The highest BCUT2D eigenvalue weighted by Gasteiger charge is 2.31. The molecular weight excluding hydrogens is 469 g/mol. The minimum atomic E-state index is -4.00. The van der Waals surface area contributed by atoms with Crippen LogP contribution in [-0.2, 0) is 26.2 Å². The van der Waals surface area contributed by atoms with Crippen molar-refractivity contribution in [2.75, 3.05) is 17.1 Å². The van der Waals surface area contributed by atoms with Crippen LogP contribution in [0.2, 0.25) is 5.02 Å². The van der Waals surface area contributed by atoms with Crippen molar-refractivity contribution in [2.45, 2.75) is 45.8 Å². The van der Waals surface area contributed by atoms with Crippen LogP contribution in [0.15, 0.2) is 48.5 Å². The Morgan fingerprint density at radius 3 is 2.27 bits per heavy atom. The number of carbonyl (C=O) groups excluding carboxylic acids is 2. The highest BCUT2D eigenvalue weighted by Crippen LogP contribution is 2.23. The third-order valence-corrected chi connectivity index (χ3v) is 6.76. The number of carbonyl (C=O) groups is 2. The molecule has 2 aromatic carbocycles. The first-order chi connectivity index (χ1) is 15.5. The monoisotopic (exact) mass is 497 g/mol. The van der Waals surface area contributed by atoms with Crippen LogP contribution in [0.25, 0.3) is 0 Å². The molecule has 0 saturated carbocycles. The van der Waals surface area contributed by atoms with Crippen LogP contribution >= 0.6 is 11.6 Å². The molecule has 0 heterocycles. The van der Waals surface area contributed by atoms with Gasteiger partial charge in [0.1, 0.15) is 18.4 Å². The van der Waals surface area contributed by atoms with Gasteiger partial charge in [0, 0.05) is 17.6 Å². The van der Waals surface area contributed by atoms with Gasteiger partial charge in [0.15, 0.2) is 0 Å². The quantitative estimate of drug-likeness (QED) is 0.543. The summed E-state index contributed by atoms with van der Waals surface area (Å²) in [6.07, 6.45) is 1.59. The third-order valence-electron chi connectivity index (χ3n) is 5.27. The van der Waals surface area contributed by atoms with Gasteiger partial charge in [-0.1, -0.05) is 48.9 Å². The van der Waals surface area contributed by atoms with Crippen molar-refractivity contribution in [3.63, 3.8) is 0 Å². The van der Waals surface area contributed by atoms with E-state index in [4.69, 9.17) is 11.6 Å². The molecule has 0 fully saturated rings. The van der Waals surface area contributed by atoms with E-state index < -0.39 is 34.3 Å². The summed E-state index contributed by atoms with van der Waals surface area (Å²) < 4.78 is 39.9. The van der Waals surface area contributed by atoms with E-state index in [1.165, 1.54) is 23.1 Å². The summed E-state index contributed by atoms with van der Waals surface area (Å²) in [6.45, 7) is 4.61. The van der Waals surface area contributed by atoms with Gasteiger partial charge in [0.05, 0.1) is 11.9 Å². The predicted molar refractivity (Wildman–Crippen MR) is 128 cm³/mol. The molecule has 0 saturated heterocycles. The maximum Gasteiger partial charge on any atom is 0.244 e. The number of rotatable bonds is 10. The molecule has 180 valence electrons. The molecule has 0 unspecified atom stereocenters. The van der Waals surface area contributed by atoms with Crippen molar-refractivity contribution in [1.82, 2.24) is 10.2 Å². The van der Waals surface area contributed by atoms with E-state index in [0.717, 1.165) is 12.3 Å². The van der Waals surface area contributed by atoms with Crippen molar-refractivity contribution in [3.8, 4) is 0 Å². The molecule has 0 aliphatic rings. The molecule has 0 radical (unpaired) electrons. The average molecular weight is 498 g/mol. The Balaban J connectivity index is 2.41. The van der Waals surface area contributed by atoms with E-state index in [2.05, 4.69) is 5.32 Å². The van der Waals surface area contributed by atoms with E-state index >= 15 is 0 Å². The van der Waals surface area contributed by atoms with Gasteiger partial charge in [-0.25, -0.2) is 12.8 Å². The standard InChI is InChI=1S/C23H29ClFN3O4S/c1-5-16(2)26-23(30)17(3)27(14-18-10-6-7-11-19(18)24)22(29)15-28(33(4,31)32)21-13-9-8-12-20(21)25/h6-13,16-17H,5,14-15H2,1-4H3,(H,26,30)/t16-,17-/m1/s1. The van der Waals surface area contributed by atoms with Gasteiger partial charge in [0.2, 0.25) is 21.8 Å². The number of amides is 2. The lowest BCUT2D eigenvalue weighted by Crippen LogP contribution is -2.52. The Kier molecular flexibility index (Phi) is 9.25. The van der Waals surface area contributed by atoms with Gasteiger partial charge in [-0.05, 0) is 44.0 Å². The van der Waals surface area contributed by atoms with Crippen molar-refractivity contribution in [1.29, 1.82) is 0 Å². The zero-order chi connectivity index (χ0) is 24.8. The fourth-order valence-electron chi connectivity index (χ4n) is 3.11. The fourth-order valence-corrected chi connectivity index (χ4v) is 4.15. The summed E-state index contributed by atoms with van der Waals surface area (Å²) in [5.41, 5.74) is 0.343. The van der Waals surface area contributed by atoms with Crippen molar-refractivity contribution < 1.29 is 22.4 Å². The molecule has 2 aromatic rings. The van der Waals surface area contributed by atoms with E-state index in [9.17, 15) is 22.4 Å². The molecule has 33 heavy (non-hydrogen) atoms. The second-order valence-electron chi connectivity index (χ2n) is 7.83. The third kappa shape index (κ3) is 7.17. The summed E-state index contributed by atoms with van der Waals surface area (Å²) in [5, 5.41) is 3.23. The van der Waals surface area contributed by atoms with Gasteiger partial charge in [-0.2, -0.15) is 0 Å². The van der Waals surface area contributed by atoms with Gasteiger partial charge >= 0.3 is 0 Å². The van der Waals surface area contributed by atoms with Gasteiger partial charge in [-0.15, -0.1) is 0 Å². The largest absolute Gasteiger partial charge is 0.352 e. The van der Waals surface area contributed by atoms with Crippen molar-refractivity contribution >= 4 is 39.1 Å². The summed E-state index contributed by atoms with van der Waals surface area (Å²) >= 11 is 6.26. The first kappa shape index (κ1) is 26.6. The molecule has 1 N–H and O–H groups in total. The summed E-state index contributed by atoms with van der Waals surface area (Å²) in [5.74, 6) is -1.84. The Morgan fingerprint density at radius 1 is 1.09 bits per heavy atom. The van der Waals surface area contributed by atoms with E-state index in [1.54, 1.807) is 31.2 Å². The molecule has 0 bridgehead atoms. The molecule has 2 atom stereocenters. The second-order valence-corrected chi connectivity index (χ2v) is 10.1. The first-order valence-corrected chi connectivity index (χ1v) is 12.7. The molecule has 0 aliphatic heterocycles. The van der Waals surface area contributed by atoms with E-state index in [-0.39, 0.29) is 24.2 Å². The average Bonchev–Trinajstić information content (AvgIpc) is 2.76. The van der Waals surface area contributed by atoms with Crippen LogP contribution in [0, 0.1) is 5.82 Å². The van der Waals surface area contributed by atoms with Crippen LogP contribution in [0.5, 0.6) is 0 Å². The molecule has 10 heteroatoms. The van der Waals surface area contributed by atoms with Crippen LogP contribution < -0.4 is 9.62 Å². The Hall–Kier alpha value is -2.65. The Bertz CT molecular complexity index is 1100. The van der Waals surface area contributed by atoms with Gasteiger partial charge in [0.25, 0.3) is 0 Å². The highest BCUT2D eigenvalue weighted by molar-refractivity contribution is 7.92. The topological polar surface area (TPSA) is 86.8 Å². The number of hydrogen-bond acceptors (Lipinski definition) is 4. The zero-order valence-electron chi connectivity index (χ0n) is 19.1. The fraction of sp³-hybridized carbons (Fsp3) is 0.391. The van der Waals surface area contributed by atoms with Crippen molar-refractivity contribution in [3.05, 3.63) is 64.9 Å². The maximum atomic E-state index is 14.4. The molecule has 2 amide bonds. The van der Waals surface area contributed by atoms with E-state index in [0.29, 0.717) is 21.3 Å². The molecule has 7 nitrogen and oxygen atoms in total. The lowest BCUT2D eigenvalue weighted by Gasteiger charge is -2.32. The number of halogens is 2. The Labute approximate surface area is 199 Å². The predicted octanol–water partition coefficient (Wildman–Crippen LogP) is 3.58. The van der Waals surface area contributed by atoms with Crippen LogP contribution in [-0.4, -0.2) is 50.0 Å². The smallest absolute Gasteiger partial charge is 0.244 e. The lowest BCUT2D eigenvalue weighted by molar-refractivity contribution is -0.139. The first-order valence-electron chi connectivity index (χ1n) is 10.5. The van der Waals surface area contributed by atoms with Crippen LogP contribution in [0.4, 0.5) is 10.1 Å². The second kappa shape index (κ2) is 11.5. The van der Waals surface area contributed by atoms with E-state index in [1.807, 2.05) is 13.8 Å².